The molecule has 0 aliphatic carbocycles. The van der Waals surface area contributed by atoms with E-state index in [1.807, 2.05) is 48.0 Å². The topological polar surface area (TPSA) is 17.6 Å². The van der Waals surface area contributed by atoms with Gasteiger partial charge in [-0.2, -0.15) is 0 Å². The molecule has 1 aromatic carbocycles. The molecular formula is C22H30N4+2. The maximum absolute atomic E-state index is 3.79. The number of nitrogens with zero attached hydrogens (tertiary/aromatic N) is 4. The monoisotopic (exact) mass is 350 g/mol. The van der Waals surface area contributed by atoms with E-state index < -0.39 is 0 Å². The third-order valence-electron chi connectivity index (χ3n) is 4.10. The molecule has 4 heteroatoms. The molecule has 0 atom stereocenters. The van der Waals surface area contributed by atoms with Crippen molar-refractivity contribution in [1.29, 1.82) is 0 Å². The summed E-state index contributed by atoms with van der Waals surface area (Å²) < 4.78 is 8.25. The maximum atomic E-state index is 3.79. The van der Waals surface area contributed by atoms with Gasteiger partial charge < -0.3 is 0 Å². The molecule has 4 nitrogen and oxygen atoms in total. The van der Waals surface area contributed by atoms with Crippen LogP contribution in [0.25, 0.3) is 12.4 Å². The van der Waals surface area contributed by atoms with Gasteiger partial charge in [0.15, 0.2) is 0 Å². The molecular weight excluding hydrogens is 320 g/mol. The Morgan fingerprint density at radius 1 is 0.808 bits per heavy atom. The van der Waals surface area contributed by atoms with Gasteiger partial charge in [-0.05, 0) is 29.2 Å². The first-order valence-corrected chi connectivity index (χ1v) is 9.20. The highest BCUT2D eigenvalue weighted by Gasteiger charge is 2.08. The van der Waals surface area contributed by atoms with Crippen LogP contribution in [0.2, 0.25) is 0 Å². The average molecular weight is 351 g/mol. The lowest BCUT2D eigenvalue weighted by Gasteiger charge is -2.06. The van der Waals surface area contributed by atoms with E-state index in [2.05, 4.69) is 59.8 Å². The van der Waals surface area contributed by atoms with E-state index in [-0.39, 0.29) is 0 Å². The van der Waals surface area contributed by atoms with Gasteiger partial charge in [0.1, 0.15) is 37.9 Å². The second kappa shape index (κ2) is 9.56. The van der Waals surface area contributed by atoms with Gasteiger partial charge in [0, 0.05) is 0 Å². The maximum Gasteiger partial charge on any atom is 0.248 e. The van der Waals surface area contributed by atoms with Crippen molar-refractivity contribution in [3.05, 3.63) is 85.5 Å². The largest absolute Gasteiger partial charge is 0.248 e. The summed E-state index contributed by atoms with van der Waals surface area (Å²) in [5.74, 6) is 0. The molecule has 0 aliphatic heterocycles. The van der Waals surface area contributed by atoms with Gasteiger partial charge in [0.05, 0.1) is 12.4 Å². The smallest absolute Gasteiger partial charge is 0.232 e. The van der Waals surface area contributed by atoms with Crippen LogP contribution in [-0.4, -0.2) is 9.13 Å². The number of hydrogen-bond acceptors (Lipinski definition) is 0. The summed E-state index contributed by atoms with van der Waals surface area (Å²) in [4.78, 5) is 0. The molecule has 26 heavy (non-hydrogen) atoms. The van der Waals surface area contributed by atoms with Crippen LogP contribution in [0.15, 0.2) is 68.8 Å². The van der Waals surface area contributed by atoms with E-state index in [0.717, 1.165) is 19.5 Å². The van der Waals surface area contributed by atoms with E-state index in [0.29, 0.717) is 0 Å². The standard InChI is InChI=1S/C20H24N4.C2H6/c1-4-18-11-19(14-23-9-7-21(5-2)16-23)13-20(12-18)15-24-10-8-22(6-3)17-24;1-2/h5-13,16-17H,2-4,14-15H2,1H3;1-2H3/q+2;. The molecule has 0 spiro atoms. The molecule has 3 rings (SSSR count). The summed E-state index contributed by atoms with van der Waals surface area (Å²) in [6.45, 7) is 15.5. The molecule has 2 aromatic heterocycles. The summed E-state index contributed by atoms with van der Waals surface area (Å²) in [7, 11) is 0. The van der Waals surface area contributed by atoms with E-state index in [1.54, 1.807) is 12.4 Å². The number of aromatic nitrogens is 4. The van der Waals surface area contributed by atoms with E-state index in [9.17, 15) is 0 Å². The highest BCUT2D eigenvalue weighted by Crippen LogP contribution is 2.11. The van der Waals surface area contributed by atoms with Crippen LogP contribution in [0.4, 0.5) is 0 Å². The number of hydrogen-bond donors (Lipinski definition) is 0. The van der Waals surface area contributed by atoms with Crippen LogP contribution in [0.5, 0.6) is 0 Å². The molecule has 0 saturated heterocycles. The number of imidazole rings is 2. The Balaban J connectivity index is 0.00000117. The average Bonchev–Trinajstić information content (AvgIpc) is 3.32. The summed E-state index contributed by atoms with van der Waals surface area (Å²) in [5.41, 5.74) is 4.01. The van der Waals surface area contributed by atoms with E-state index in [1.165, 1.54) is 16.7 Å². The van der Waals surface area contributed by atoms with Crippen molar-refractivity contribution in [3.63, 3.8) is 0 Å². The molecule has 2 heterocycles. The SMILES string of the molecule is C=Cn1cc[n+](Cc2cc(CC)cc(C[n+]3ccn(C=C)c3)c2)c1.CC. The Kier molecular flexibility index (Phi) is 7.15. The molecule has 136 valence electrons. The Labute approximate surface area is 157 Å². The molecule has 3 aromatic rings. The second-order valence-corrected chi connectivity index (χ2v) is 5.94. The Morgan fingerprint density at radius 2 is 1.23 bits per heavy atom. The molecule has 0 unspecified atom stereocenters. The first-order valence-electron chi connectivity index (χ1n) is 9.20. The summed E-state index contributed by atoms with van der Waals surface area (Å²) >= 11 is 0. The third kappa shape index (κ3) is 5.06. The molecule has 0 bridgehead atoms. The van der Waals surface area contributed by atoms with E-state index >= 15 is 0 Å². The highest BCUT2D eigenvalue weighted by atomic mass is 15.1. The number of benzene rings is 1. The molecule has 0 fully saturated rings. The zero-order valence-corrected chi connectivity index (χ0v) is 16.2. The van der Waals surface area contributed by atoms with Crippen molar-refractivity contribution < 1.29 is 9.13 Å². The van der Waals surface area contributed by atoms with Crippen molar-refractivity contribution in [2.45, 2.75) is 40.3 Å². The van der Waals surface area contributed by atoms with Gasteiger partial charge in [-0.25, -0.2) is 18.3 Å². The van der Waals surface area contributed by atoms with Gasteiger partial charge in [0.2, 0.25) is 12.7 Å². The molecule has 0 N–H and O–H groups in total. The van der Waals surface area contributed by atoms with Crippen LogP contribution in [0, 0.1) is 0 Å². The molecule has 0 amide bonds. The summed E-state index contributed by atoms with van der Waals surface area (Å²) in [6, 6.07) is 6.87. The van der Waals surface area contributed by atoms with Gasteiger partial charge in [-0.3, -0.25) is 0 Å². The zero-order valence-electron chi connectivity index (χ0n) is 16.2. The predicted molar refractivity (Wildman–Crippen MR) is 107 cm³/mol. The van der Waals surface area contributed by atoms with E-state index in [4.69, 9.17) is 0 Å². The third-order valence-corrected chi connectivity index (χ3v) is 4.10. The summed E-state index contributed by atoms with van der Waals surface area (Å²) in [6.07, 6.45) is 16.9. The molecule has 0 saturated carbocycles. The van der Waals surface area contributed by atoms with Gasteiger partial charge >= 0.3 is 0 Å². The normalized spacial score (nSPS) is 10.1. The van der Waals surface area contributed by atoms with Crippen molar-refractivity contribution in [3.8, 4) is 0 Å². The summed E-state index contributed by atoms with van der Waals surface area (Å²) in [5, 5.41) is 0. The zero-order chi connectivity index (χ0) is 18.9. The van der Waals surface area contributed by atoms with Crippen LogP contribution in [-0.2, 0) is 19.5 Å². The fraction of sp³-hybridized carbons (Fsp3) is 0.273. The minimum absolute atomic E-state index is 0.861. The first-order chi connectivity index (χ1) is 12.7. The highest BCUT2D eigenvalue weighted by molar-refractivity contribution is 5.29. The number of rotatable bonds is 7. The first kappa shape index (κ1) is 19.4. The second-order valence-electron chi connectivity index (χ2n) is 5.94. The lowest BCUT2D eigenvalue weighted by molar-refractivity contribution is -0.688. The van der Waals surface area contributed by atoms with Crippen LogP contribution < -0.4 is 9.13 Å². The minimum atomic E-state index is 0.861. The minimum Gasteiger partial charge on any atom is -0.232 e. The predicted octanol–water partition coefficient (Wildman–Crippen LogP) is 3.75. The van der Waals surface area contributed by atoms with Crippen molar-refractivity contribution in [1.82, 2.24) is 9.13 Å². The Morgan fingerprint density at radius 3 is 1.58 bits per heavy atom. The van der Waals surface area contributed by atoms with Crippen molar-refractivity contribution in [2.75, 3.05) is 0 Å². The Bertz CT molecular complexity index is 788. The van der Waals surface area contributed by atoms with Crippen LogP contribution >= 0.6 is 0 Å². The van der Waals surface area contributed by atoms with Gasteiger partial charge in [-0.15, -0.1) is 0 Å². The van der Waals surface area contributed by atoms with Gasteiger partial charge in [-0.1, -0.05) is 46.1 Å². The number of aryl methyl sites for hydroxylation is 1. The Hall–Kier alpha value is -2.88. The quantitative estimate of drug-likeness (QED) is 0.578. The fourth-order valence-corrected chi connectivity index (χ4v) is 2.87. The lowest BCUT2D eigenvalue weighted by Crippen LogP contribution is -2.33. The molecule has 0 aliphatic rings. The fourth-order valence-electron chi connectivity index (χ4n) is 2.87. The van der Waals surface area contributed by atoms with Crippen molar-refractivity contribution in [2.24, 2.45) is 0 Å². The molecule has 0 radical (unpaired) electrons. The lowest BCUT2D eigenvalue weighted by atomic mass is 10.0. The van der Waals surface area contributed by atoms with Gasteiger partial charge in [0.25, 0.3) is 0 Å². The van der Waals surface area contributed by atoms with Crippen molar-refractivity contribution >= 4 is 12.4 Å². The van der Waals surface area contributed by atoms with Crippen LogP contribution in [0.1, 0.15) is 37.5 Å². The van der Waals surface area contributed by atoms with Crippen LogP contribution in [0.3, 0.4) is 0 Å².